The fraction of sp³-hybridized carbons (Fsp3) is 0.500. The minimum absolute atomic E-state index is 0.646. The largest absolute Gasteiger partial charge is 0.467 e. The number of nitrogens with zero attached hydrogens (tertiary/aromatic N) is 1. The predicted molar refractivity (Wildman–Crippen MR) is 60.0 cm³/mol. The Morgan fingerprint density at radius 2 is 2.12 bits per heavy atom. The van der Waals surface area contributed by atoms with Gasteiger partial charge in [-0.3, -0.25) is 4.98 Å². The van der Waals surface area contributed by atoms with Gasteiger partial charge < -0.3 is 9.84 Å². The van der Waals surface area contributed by atoms with Crippen LogP contribution in [-0.2, 0) is 14.9 Å². The van der Waals surface area contributed by atoms with Gasteiger partial charge in [0, 0.05) is 17.3 Å². The van der Waals surface area contributed by atoms with Crippen molar-refractivity contribution in [2.45, 2.75) is 32.3 Å². The third kappa shape index (κ3) is 2.39. The number of aryl methyl sites for hydroxylation is 1. The fourth-order valence-electron chi connectivity index (χ4n) is 1.40. The molecule has 0 saturated heterocycles. The lowest BCUT2D eigenvalue weighted by Gasteiger charge is -2.27. The summed E-state index contributed by atoms with van der Waals surface area (Å²) in [5, 5.41) is 9.85. The molecule has 1 heterocycles. The highest BCUT2D eigenvalue weighted by atomic mass is 16.5. The number of esters is 1. The van der Waals surface area contributed by atoms with Crippen LogP contribution in [-0.4, -0.2) is 29.3 Å². The SMILES string of the molecule is COC(=O)C(O)C(C)(C)c1ccc(C)cn1. The van der Waals surface area contributed by atoms with Gasteiger partial charge in [0.05, 0.1) is 7.11 Å². The summed E-state index contributed by atoms with van der Waals surface area (Å²) in [7, 11) is 1.25. The summed E-state index contributed by atoms with van der Waals surface area (Å²) < 4.78 is 4.53. The molecule has 0 bridgehead atoms. The molecule has 1 unspecified atom stereocenters. The van der Waals surface area contributed by atoms with Crippen molar-refractivity contribution in [2.24, 2.45) is 0 Å². The van der Waals surface area contributed by atoms with E-state index in [4.69, 9.17) is 0 Å². The summed E-state index contributed by atoms with van der Waals surface area (Å²) in [6, 6.07) is 3.70. The molecule has 0 aliphatic heterocycles. The molecule has 16 heavy (non-hydrogen) atoms. The summed E-state index contributed by atoms with van der Waals surface area (Å²) >= 11 is 0. The third-order valence-electron chi connectivity index (χ3n) is 2.68. The summed E-state index contributed by atoms with van der Waals surface area (Å²) in [5.74, 6) is -0.646. The van der Waals surface area contributed by atoms with Crippen LogP contribution >= 0.6 is 0 Å². The average molecular weight is 223 g/mol. The van der Waals surface area contributed by atoms with Crippen molar-refractivity contribution < 1.29 is 14.6 Å². The number of ether oxygens (including phenoxy) is 1. The van der Waals surface area contributed by atoms with Gasteiger partial charge in [-0.1, -0.05) is 19.9 Å². The lowest BCUT2D eigenvalue weighted by atomic mass is 9.82. The number of aliphatic hydroxyl groups excluding tert-OH is 1. The van der Waals surface area contributed by atoms with Gasteiger partial charge in [0.25, 0.3) is 0 Å². The molecule has 0 aromatic carbocycles. The van der Waals surface area contributed by atoms with E-state index in [1.54, 1.807) is 20.0 Å². The average Bonchev–Trinajstić information content (AvgIpc) is 2.27. The van der Waals surface area contributed by atoms with Crippen LogP contribution in [0.1, 0.15) is 25.1 Å². The van der Waals surface area contributed by atoms with Crippen molar-refractivity contribution in [3.8, 4) is 0 Å². The van der Waals surface area contributed by atoms with E-state index >= 15 is 0 Å². The van der Waals surface area contributed by atoms with Crippen LogP contribution in [0.15, 0.2) is 18.3 Å². The molecule has 1 atom stereocenters. The van der Waals surface area contributed by atoms with Crippen LogP contribution in [0.3, 0.4) is 0 Å². The van der Waals surface area contributed by atoms with Gasteiger partial charge in [0.1, 0.15) is 0 Å². The maximum absolute atomic E-state index is 11.3. The van der Waals surface area contributed by atoms with E-state index in [9.17, 15) is 9.90 Å². The van der Waals surface area contributed by atoms with Crippen LogP contribution in [0.5, 0.6) is 0 Å². The van der Waals surface area contributed by atoms with E-state index in [0.29, 0.717) is 5.69 Å². The monoisotopic (exact) mass is 223 g/mol. The number of rotatable bonds is 3. The van der Waals surface area contributed by atoms with Crippen molar-refractivity contribution in [2.75, 3.05) is 7.11 Å². The minimum Gasteiger partial charge on any atom is -0.467 e. The molecule has 0 fully saturated rings. The smallest absolute Gasteiger partial charge is 0.335 e. The van der Waals surface area contributed by atoms with E-state index in [1.165, 1.54) is 7.11 Å². The standard InChI is InChI=1S/C12H17NO3/c1-8-5-6-9(13-7-8)12(2,3)10(14)11(15)16-4/h5-7,10,14H,1-4H3. The molecule has 1 N–H and O–H groups in total. The normalized spacial score (nSPS) is 13.3. The Kier molecular flexibility index (Phi) is 3.65. The Labute approximate surface area is 95.3 Å². The number of carbonyl (C=O) groups is 1. The Hall–Kier alpha value is -1.42. The van der Waals surface area contributed by atoms with Gasteiger partial charge in [0.2, 0.25) is 0 Å². The molecular formula is C12H17NO3. The molecule has 0 amide bonds. The Morgan fingerprint density at radius 3 is 2.56 bits per heavy atom. The predicted octanol–water partition coefficient (Wildman–Crippen LogP) is 1.20. The molecule has 0 spiro atoms. The number of hydrogen-bond donors (Lipinski definition) is 1. The van der Waals surface area contributed by atoms with Gasteiger partial charge in [0.15, 0.2) is 6.10 Å². The maximum Gasteiger partial charge on any atom is 0.335 e. The van der Waals surface area contributed by atoms with Crippen molar-refractivity contribution >= 4 is 5.97 Å². The Balaban J connectivity index is 3.01. The number of aromatic nitrogens is 1. The van der Waals surface area contributed by atoms with E-state index in [1.807, 2.05) is 19.1 Å². The van der Waals surface area contributed by atoms with Crippen LogP contribution in [0, 0.1) is 6.92 Å². The topological polar surface area (TPSA) is 59.4 Å². The van der Waals surface area contributed by atoms with Crippen molar-refractivity contribution in [1.82, 2.24) is 4.98 Å². The zero-order valence-corrected chi connectivity index (χ0v) is 10.0. The second-order valence-corrected chi connectivity index (χ2v) is 4.37. The van der Waals surface area contributed by atoms with Gasteiger partial charge in [-0.25, -0.2) is 4.79 Å². The van der Waals surface area contributed by atoms with Crippen LogP contribution in [0.2, 0.25) is 0 Å². The van der Waals surface area contributed by atoms with Crippen LogP contribution < -0.4 is 0 Å². The molecular weight excluding hydrogens is 206 g/mol. The number of methoxy groups -OCH3 is 1. The second-order valence-electron chi connectivity index (χ2n) is 4.37. The molecule has 4 heteroatoms. The number of pyridine rings is 1. The van der Waals surface area contributed by atoms with Crippen LogP contribution in [0.25, 0.3) is 0 Å². The van der Waals surface area contributed by atoms with Crippen molar-refractivity contribution in [3.63, 3.8) is 0 Å². The van der Waals surface area contributed by atoms with Gasteiger partial charge in [-0.05, 0) is 18.6 Å². The van der Waals surface area contributed by atoms with Crippen LogP contribution in [0.4, 0.5) is 0 Å². The fourth-order valence-corrected chi connectivity index (χ4v) is 1.40. The summed E-state index contributed by atoms with van der Waals surface area (Å²) in [5.41, 5.74) is 0.934. The van der Waals surface area contributed by atoms with E-state index < -0.39 is 17.5 Å². The van der Waals surface area contributed by atoms with E-state index in [0.717, 1.165) is 5.56 Å². The Bertz CT molecular complexity index is 370. The number of aliphatic hydroxyl groups is 1. The summed E-state index contributed by atoms with van der Waals surface area (Å²) in [4.78, 5) is 15.5. The molecule has 0 saturated carbocycles. The first-order chi connectivity index (χ1) is 7.39. The first-order valence-corrected chi connectivity index (χ1v) is 5.08. The highest BCUT2D eigenvalue weighted by molar-refractivity contribution is 5.76. The minimum atomic E-state index is -1.22. The number of hydrogen-bond acceptors (Lipinski definition) is 4. The summed E-state index contributed by atoms with van der Waals surface area (Å²) in [6.07, 6.45) is 0.494. The van der Waals surface area contributed by atoms with E-state index in [-0.39, 0.29) is 0 Å². The first kappa shape index (κ1) is 12.6. The molecule has 1 rings (SSSR count). The molecule has 1 aromatic heterocycles. The highest BCUT2D eigenvalue weighted by Crippen LogP contribution is 2.26. The van der Waals surface area contributed by atoms with Gasteiger partial charge in [-0.2, -0.15) is 0 Å². The molecule has 88 valence electrons. The molecule has 0 aliphatic rings. The maximum atomic E-state index is 11.3. The van der Waals surface area contributed by atoms with Gasteiger partial charge >= 0.3 is 5.97 Å². The zero-order chi connectivity index (χ0) is 12.3. The molecule has 0 aliphatic carbocycles. The van der Waals surface area contributed by atoms with Crippen molar-refractivity contribution in [3.05, 3.63) is 29.6 Å². The quantitative estimate of drug-likeness (QED) is 0.782. The second kappa shape index (κ2) is 4.61. The lowest BCUT2D eigenvalue weighted by molar-refractivity contribution is -0.153. The third-order valence-corrected chi connectivity index (χ3v) is 2.68. The first-order valence-electron chi connectivity index (χ1n) is 5.08. The zero-order valence-electron chi connectivity index (χ0n) is 10.0. The van der Waals surface area contributed by atoms with Crippen molar-refractivity contribution in [1.29, 1.82) is 0 Å². The highest BCUT2D eigenvalue weighted by Gasteiger charge is 2.37. The summed E-state index contributed by atoms with van der Waals surface area (Å²) in [6.45, 7) is 5.44. The van der Waals surface area contributed by atoms with E-state index in [2.05, 4.69) is 9.72 Å². The molecule has 4 nitrogen and oxygen atoms in total. The lowest BCUT2D eigenvalue weighted by Crippen LogP contribution is -2.41. The molecule has 1 aromatic rings. The Morgan fingerprint density at radius 1 is 1.50 bits per heavy atom. The van der Waals surface area contributed by atoms with Gasteiger partial charge in [-0.15, -0.1) is 0 Å². The molecule has 0 radical (unpaired) electrons. The number of carbonyl (C=O) groups excluding carboxylic acids is 1.